The maximum Gasteiger partial charge on any atom is 0.147 e. The van der Waals surface area contributed by atoms with Gasteiger partial charge in [0.2, 0.25) is 0 Å². The molecule has 1 saturated heterocycles. The molecular formula is C19H26N4O. The normalized spacial score (nSPS) is 17.1. The minimum absolute atomic E-state index is 0.00498. The van der Waals surface area contributed by atoms with E-state index in [1.54, 1.807) is 24.4 Å². The topological polar surface area (TPSA) is 52.5 Å². The van der Waals surface area contributed by atoms with Crippen LogP contribution in [0.4, 0.5) is 5.82 Å². The summed E-state index contributed by atoms with van der Waals surface area (Å²) in [5, 5.41) is 8.85. The summed E-state index contributed by atoms with van der Waals surface area (Å²) in [6.45, 7) is 11.9. The van der Waals surface area contributed by atoms with E-state index in [0.29, 0.717) is 0 Å². The molecule has 1 aliphatic rings. The van der Waals surface area contributed by atoms with Crippen LogP contribution in [0.5, 0.6) is 0 Å². The maximum atomic E-state index is 8.85. The van der Waals surface area contributed by atoms with Gasteiger partial charge in [0.25, 0.3) is 0 Å². The van der Waals surface area contributed by atoms with Gasteiger partial charge in [-0.15, -0.1) is 0 Å². The van der Waals surface area contributed by atoms with Gasteiger partial charge in [-0.05, 0) is 31.7 Å². The first-order valence-electron chi connectivity index (χ1n) is 8.20. The summed E-state index contributed by atoms with van der Waals surface area (Å²) in [6.07, 6.45) is 11.7. The molecule has 0 radical (unpaired) electrons. The summed E-state index contributed by atoms with van der Waals surface area (Å²) < 4.78 is 0. The van der Waals surface area contributed by atoms with Crippen LogP contribution in [0.3, 0.4) is 0 Å². The lowest BCUT2D eigenvalue weighted by molar-refractivity contribution is 0.342. The van der Waals surface area contributed by atoms with Crippen LogP contribution in [-0.4, -0.2) is 59.8 Å². The highest BCUT2D eigenvalue weighted by molar-refractivity contribution is 5.74. The SMILES string of the molecule is C=C/C(=C\C(=C)/C=C/CO)c1cncc(N2CCCN(C)CC2)n1. The molecular weight excluding hydrogens is 300 g/mol. The molecule has 128 valence electrons. The van der Waals surface area contributed by atoms with E-state index in [-0.39, 0.29) is 6.61 Å². The first kappa shape index (κ1) is 18.1. The highest BCUT2D eigenvalue weighted by atomic mass is 16.2. The summed E-state index contributed by atoms with van der Waals surface area (Å²) in [5.74, 6) is 0.895. The quantitative estimate of drug-likeness (QED) is 0.813. The second kappa shape index (κ2) is 9.15. The minimum Gasteiger partial charge on any atom is -0.392 e. The fourth-order valence-corrected chi connectivity index (χ4v) is 2.61. The number of allylic oxidation sites excluding steroid dienone is 5. The van der Waals surface area contributed by atoms with E-state index in [4.69, 9.17) is 10.1 Å². The van der Waals surface area contributed by atoms with E-state index in [1.165, 1.54) is 0 Å². The van der Waals surface area contributed by atoms with Crippen LogP contribution in [0.1, 0.15) is 12.1 Å². The number of rotatable bonds is 6. The van der Waals surface area contributed by atoms with Crippen molar-refractivity contribution in [1.82, 2.24) is 14.9 Å². The third-order valence-electron chi connectivity index (χ3n) is 3.96. The molecule has 1 aromatic heterocycles. The Kier molecular flexibility index (Phi) is 6.90. The van der Waals surface area contributed by atoms with Gasteiger partial charge in [0, 0.05) is 25.2 Å². The molecule has 0 aliphatic carbocycles. The van der Waals surface area contributed by atoms with Crippen LogP contribution in [0.2, 0.25) is 0 Å². The summed E-state index contributed by atoms with van der Waals surface area (Å²) in [5.41, 5.74) is 2.42. The number of hydrogen-bond acceptors (Lipinski definition) is 5. The Bertz CT molecular complexity index is 636. The molecule has 0 atom stereocenters. The number of hydrogen-bond donors (Lipinski definition) is 1. The predicted molar refractivity (Wildman–Crippen MR) is 99.9 cm³/mol. The van der Waals surface area contributed by atoms with Gasteiger partial charge in [0.1, 0.15) is 5.82 Å². The molecule has 24 heavy (non-hydrogen) atoms. The Balaban J connectivity index is 2.21. The average molecular weight is 326 g/mol. The monoisotopic (exact) mass is 326 g/mol. The summed E-state index contributed by atoms with van der Waals surface area (Å²) in [7, 11) is 2.15. The molecule has 0 unspecified atom stereocenters. The third kappa shape index (κ3) is 5.15. The first-order valence-corrected chi connectivity index (χ1v) is 8.20. The van der Waals surface area contributed by atoms with Crippen LogP contribution in [-0.2, 0) is 0 Å². The fraction of sp³-hybridized carbons (Fsp3) is 0.368. The molecule has 0 spiro atoms. The van der Waals surface area contributed by atoms with Crippen molar-refractivity contribution in [3.05, 3.63) is 61.1 Å². The molecule has 1 aromatic rings. The van der Waals surface area contributed by atoms with E-state index in [2.05, 4.69) is 35.0 Å². The van der Waals surface area contributed by atoms with Gasteiger partial charge in [-0.2, -0.15) is 0 Å². The Morgan fingerprint density at radius 2 is 2.12 bits per heavy atom. The van der Waals surface area contributed by atoms with E-state index < -0.39 is 0 Å². The predicted octanol–water partition coefficient (Wildman–Crippen LogP) is 2.29. The highest BCUT2D eigenvalue weighted by Crippen LogP contribution is 2.19. The van der Waals surface area contributed by atoms with Crippen LogP contribution < -0.4 is 4.90 Å². The van der Waals surface area contributed by atoms with Crippen LogP contribution in [0.25, 0.3) is 5.57 Å². The van der Waals surface area contributed by atoms with Crippen molar-refractivity contribution in [1.29, 1.82) is 0 Å². The zero-order valence-electron chi connectivity index (χ0n) is 14.4. The lowest BCUT2D eigenvalue weighted by atomic mass is 10.1. The largest absolute Gasteiger partial charge is 0.392 e. The van der Waals surface area contributed by atoms with E-state index in [9.17, 15) is 0 Å². The summed E-state index contributed by atoms with van der Waals surface area (Å²) >= 11 is 0. The molecule has 1 N–H and O–H groups in total. The van der Waals surface area contributed by atoms with Crippen LogP contribution >= 0.6 is 0 Å². The molecule has 0 saturated carbocycles. The van der Waals surface area contributed by atoms with Crippen molar-refractivity contribution in [2.75, 3.05) is 44.7 Å². The second-order valence-electron chi connectivity index (χ2n) is 5.87. The summed E-state index contributed by atoms with van der Waals surface area (Å²) in [4.78, 5) is 13.7. The second-order valence-corrected chi connectivity index (χ2v) is 5.87. The smallest absolute Gasteiger partial charge is 0.147 e. The van der Waals surface area contributed by atoms with Gasteiger partial charge < -0.3 is 14.9 Å². The average Bonchev–Trinajstić information content (AvgIpc) is 2.82. The summed E-state index contributed by atoms with van der Waals surface area (Å²) in [6, 6.07) is 0. The highest BCUT2D eigenvalue weighted by Gasteiger charge is 2.14. The molecule has 1 aliphatic heterocycles. The molecule has 0 amide bonds. The first-order chi connectivity index (χ1) is 11.6. The maximum absolute atomic E-state index is 8.85. The van der Waals surface area contributed by atoms with Crippen LogP contribution in [0, 0.1) is 0 Å². The minimum atomic E-state index is -0.00498. The lowest BCUT2D eigenvalue weighted by Crippen LogP contribution is -2.29. The Morgan fingerprint density at radius 1 is 1.29 bits per heavy atom. The molecule has 2 heterocycles. The van der Waals surface area contributed by atoms with E-state index in [0.717, 1.165) is 55.3 Å². The van der Waals surface area contributed by atoms with Crippen molar-refractivity contribution < 1.29 is 5.11 Å². The fourth-order valence-electron chi connectivity index (χ4n) is 2.61. The molecule has 2 rings (SSSR count). The van der Waals surface area contributed by atoms with Gasteiger partial charge in [-0.1, -0.05) is 31.4 Å². The van der Waals surface area contributed by atoms with E-state index in [1.807, 2.05) is 12.3 Å². The van der Waals surface area contributed by atoms with Crippen LogP contribution in [0.15, 0.2) is 55.4 Å². The van der Waals surface area contributed by atoms with Gasteiger partial charge in [-0.3, -0.25) is 4.98 Å². The Labute approximate surface area is 144 Å². The van der Waals surface area contributed by atoms with Gasteiger partial charge in [0.15, 0.2) is 0 Å². The molecule has 5 nitrogen and oxygen atoms in total. The molecule has 0 aromatic carbocycles. The zero-order chi connectivity index (χ0) is 17.4. The number of aliphatic hydroxyl groups excluding tert-OH is 1. The van der Waals surface area contributed by atoms with Crippen molar-refractivity contribution >= 4 is 11.4 Å². The lowest BCUT2D eigenvalue weighted by Gasteiger charge is -2.21. The zero-order valence-corrected chi connectivity index (χ0v) is 14.4. The number of aromatic nitrogens is 2. The van der Waals surface area contributed by atoms with Crippen molar-refractivity contribution in [2.24, 2.45) is 0 Å². The Morgan fingerprint density at radius 3 is 2.88 bits per heavy atom. The van der Waals surface area contributed by atoms with Gasteiger partial charge in [0.05, 0.1) is 24.7 Å². The molecule has 0 bridgehead atoms. The number of nitrogens with zero attached hydrogens (tertiary/aromatic N) is 4. The molecule has 1 fully saturated rings. The number of aliphatic hydroxyl groups is 1. The van der Waals surface area contributed by atoms with E-state index >= 15 is 0 Å². The van der Waals surface area contributed by atoms with Gasteiger partial charge in [-0.25, -0.2) is 4.98 Å². The Hall–Kier alpha value is -2.24. The molecule has 5 heteroatoms. The third-order valence-corrected chi connectivity index (χ3v) is 3.96. The van der Waals surface area contributed by atoms with Crippen molar-refractivity contribution in [2.45, 2.75) is 6.42 Å². The van der Waals surface area contributed by atoms with Crippen molar-refractivity contribution in [3.63, 3.8) is 0 Å². The van der Waals surface area contributed by atoms with Gasteiger partial charge >= 0.3 is 0 Å². The van der Waals surface area contributed by atoms with Crippen molar-refractivity contribution in [3.8, 4) is 0 Å². The standard InChI is InChI=1S/C19H26N4O/c1-4-17(13-16(2)7-5-12-24)18-14-20-15-19(21-18)23-9-6-8-22(3)10-11-23/h4-5,7,13-15,24H,1-2,6,8-12H2,3H3/b7-5+,17-13+. The number of anilines is 1. The number of likely N-dealkylation sites (N-methyl/N-ethyl adjacent to an activating group) is 1.